The minimum atomic E-state index is 0.558. The molecule has 4 unspecified atom stereocenters. The molecule has 0 spiro atoms. The lowest BCUT2D eigenvalue weighted by Crippen LogP contribution is -2.40. The second kappa shape index (κ2) is 6.29. The molecule has 4 atom stereocenters. The average Bonchev–Trinajstić information content (AvgIpc) is 3.16. The van der Waals surface area contributed by atoms with Gasteiger partial charge >= 0.3 is 0 Å². The van der Waals surface area contributed by atoms with Gasteiger partial charge in [0.05, 0.1) is 16.4 Å². The Morgan fingerprint density at radius 2 is 2.14 bits per heavy atom. The van der Waals surface area contributed by atoms with Gasteiger partial charge in [0.25, 0.3) is 0 Å². The second-order valence-corrected chi connectivity index (χ2v) is 7.27. The maximum absolute atomic E-state index is 6.55. The SMILES string of the molecule is CCNC(Cc1c(Cl)c(CC)nn1C)C1CC2CCC1C2. The third-order valence-electron chi connectivity index (χ3n) is 5.69. The van der Waals surface area contributed by atoms with Crippen LogP contribution in [-0.2, 0) is 19.9 Å². The molecule has 3 rings (SSSR count). The van der Waals surface area contributed by atoms with Crippen molar-refractivity contribution in [3.05, 3.63) is 16.4 Å². The number of aryl methyl sites for hydroxylation is 2. The first-order chi connectivity index (χ1) is 10.1. The molecule has 2 aliphatic rings. The Labute approximate surface area is 133 Å². The summed E-state index contributed by atoms with van der Waals surface area (Å²) in [4.78, 5) is 0. The standard InChI is InChI=1S/C17H28ClN3/c1-4-14-17(18)16(21(3)20-14)10-15(19-5-2)13-9-11-6-7-12(13)8-11/h11-13,15,19H,4-10H2,1-3H3. The first kappa shape index (κ1) is 15.4. The van der Waals surface area contributed by atoms with Crippen LogP contribution in [0.1, 0.15) is 50.9 Å². The van der Waals surface area contributed by atoms with Crippen LogP contribution >= 0.6 is 11.6 Å². The molecular weight excluding hydrogens is 282 g/mol. The normalized spacial score (nSPS) is 29.2. The molecule has 0 aliphatic heterocycles. The molecule has 3 nitrogen and oxygen atoms in total. The summed E-state index contributed by atoms with van der Waals surface area (Å²) in [5.74, 6) is 2.77. The fraction of sp³-hybridized carbons (Fsp3) is 0.824. The number of hydrogen-bond donors (Lipinski definition) is 1. The van der Waals surface area contributed by atoms with E-state index in [0.29, 0.717) is 6.04 Å². The van der Waals surface area contributed by atoms with Gasteiger partial charge in [-0.25, -0.2) is 0 Å². The van der Waals surface area contributed by atoms with Crippen molar-refractivity contribution in [2.75, 3.05) is 6.54 Å². The van der Waals surface area contributed by atoms with E-state index in [9.17, 15) is 0 Å². The zero-order chi connectivity index (χ0) is 15.0. The third kappa shape index (κ3) is 2.87. The maximum atomic E-state index is 6.55. The molecule has 0 amide bonds. The molecule has 1 aromatic rings. The van der Waals surface area contributed by atoms with Crippen LogP contribution in [0.3, 0.4) is 0 Å². The zero-order valence-electron chi connectivity index (χ0n) is 13.5. The van der Waals surface area contributed by atoms with Gasteiger partial charge in [-0.05, 0) is 50.0 Å². The topological polar surface area (TPSA) is 29.9 Å². The Bertz CT molecular complexity index is 496. The summed E-state index contributed by atoms with van der Waals surface area (Å²) in [6.45, 7) is 5.37. The van der Waals surface area contributed by atoms with Crippen molar-refractivity contribution in [2.45, 2.75) is 58.4 Å². The van der Waals surface area contributed by atoms with Crippen LogP contribution in [0.2, 0.25) is 5.02 Å². The van der Waals surface area contributed by atoms with E-state index >= 15 is 0 Å². The summed E-state index contributed by atoms with van der Waals surface area (Å²) in [6, 6.07) is 0.558. The highest BCUT2D eigenvalue weighted by Crippen LogP contribution is 2.50. The van der Waals surface area contributed by atoms with Crippen LogP contribution in [0.5, 0.6) is 0 Å². The van der Waals surface area contributed by atoms with E-state index in [-0.39, 0.29) is 0 Å². The van der Waals surface area contributed by atoms with Gasteiger partial charge in [-0.1, -0.05) is 31.9 Å². The molecular formula is C17H28ClN3. The lowest BCUT2D eigenvalue weighted by molar-refractivity contribution is 0.247. The van der Waals surface area contributed by atoms with Crippen LogP contribution in [0.15, 0.2) is 0 Å². The van der Waals surface area contributed by atoms with E-state index in [0.717, 1.165) is 47.9 Å². The molecule has 0 saturated heterocycles. The summed E-state index contributed by atoms with van der Waals surface area (Å²) in [7, 11) is 2.03. The number of aromatic nitrogens is 2. The van der Waals surface area contributed by atoms with E-state index in [2.05, 4.69) is 24.3 Å². The van der Waals surface area contributed by atoms with E-state index < -0.39 is 0 Å². The summed E-state index contributed by atoms with van der Waals surface area (Å²) >= 11 is 6.55. The van der Waals surface area contributed by atoms with Crippen LogP contribution in [-0.4, -0.2) is 22.4 Å². The largest absolute Gasteiger partial charge is 0.314 e. The van der Waals surface area contributed by atoms with Gasteiger partial charge in [0.15, 0.2) is 0 Å². The monoisotopic (exact) mass is 309 g/mol. The highest BCUT2D eigenvalue weighted by Gasteiger charge is 2.43. The lowest BCUT2D eigenvalue weighted by Gasteiger charge is -2.31. The number of hydrogen-bond acceptors (Lipinski definition) is 2. The smallest absolute Gasteiger partial charge is 0.0850 e. The Hall–Kier alpha value is -0.540. The molecule has 2 fully saturated rings. The van der Waals surface area contributed by atoms with Gasteiger partial charge in [0, 0.05) is 19.5 Å². The number of halogens is 1. The summed E-state index contributed by atoms with van der Waals surface area (Å²) in [6.07, 6.45) is 7.71. The molecule has 118 valence electrons. The first-order valence-electron chi connectivity index (χ1n) is 8.57. The van der Waals surface area contributed by atoms with Crippen LogP contribution in [0, 0.1) is 17.8 Å². The fourth-order valence-electron chi connectivity index (χ4n) is 4.67. The Morgan fingerprint density at radius 3 is 2.67 bits per heavy atom. The fourth-order valence-corrected chi connectivity index (χ4v) is 5.04. The third-order valence-corrected chi connectivity index (χ3v) is 6.13. The van der Waals surface area contributed by atoms with Gasteiger partial charge in [0.1, 0.15) is 0 Å². The number of nitrogens with zero attached hydrogens (tertiary/aromatic N) is 2. The predicted octanol–water partition coefficient (Wildman–Crippen LogP) is 3.59. The second-order valence-electron chi connectivity index (χ2n) is 6.89. The molecule has 1 N–H and O–H groups in total. The van der Waals surface area contributed by atoms with Gasteiger partial charge in [-0.2, -0.15) is 5.10 Å². The van der Waals surface area contributed by atoms with Crippen molar-refractivity contribution >= 4 is 11.6 Å². The van der Waals surface area contributed by atoms with E-state index in [1.165, 1.54) is 31.4 Å². The highest BCUT2D eigenvalue weighted by atomic mass is 35.5. The quantitative estimate of drug-likeness (QED) is 0.870. The summed E-state index contributed by atoms with van der Waals surface area (Å²) in [5, 5.41) is 9.21. The van der Waals surface area contributed by atoms with Gasteiger partial charge in [0.2, 0.25) is 0 Å². The Morgan fingerprint density at radius 1 is 1.33 bits per heavy atom. The molecule has 0 aromatic carbocycles. The number of likely N-dealkylation sites (N-methyl/N-ethyl adjacent to an activating group) is 1. The molecule has 4 heteroatoms. The van der Waals surface area contributed by atoms with Crippen LogP contribution in [0.4, 0.5) is 0 Å². The van der Waals surface area contributed by atoms with Crippen molar-refractivity contribution in [3.8, 4) is 0 Å². The van der Waals surface area contributed by atoms with Gasteiger partial charge < -0.3 is 5.32 Å². The minimum absolute atomic E-state index is 0.558. The van der Waals surface area contributed by atoms with Crippen molar-refractivity contribution in [2.24, 2.45) is 24.8 Å². The van der Waals surface area contributed by atoms with E-state index in [1.807, 2.05) is 11.7 Å². The lowest BCUT2D eigenvalue weighted by atomic mass is 9.81. The van der Waals surface area contributed by atoms with Gasteiger partial charge in [-0.3, -0.25) is 4.68 Å². The van der Waals surface area contributed by atoms with Crippen molar-refractivity contribution in [3.63, 3.8) is 0 Å². The average molecular weight is 310 g/mol. The Balaban J connectivity index is 1.78. The number of nitrogens with one attached hydrogen (secondary N) is 1. The molecule has 0 radical (unpaired) electrons. The van der Waals surface area contributed by atoms with Crippen molar-refractivity contribution < 1.29 is 0 Å². The number of rotatable bonds is 6. The first-order valence-corrected chi connectivity index (χ1v) is 8.95. The number of fused-ring (bicyclic) bond motifs is 2. The highest BCUT2D eigenvalue weighted by molar-refractivity contribution is 6.31. The molecule has 1 aromatic heterocycles. The molecule has 21 heavy (non-hydrogen) atoms. The summed E-state index contributed by atoms with van der Waals surface area (Å²) in [5.41, 5.74) is 2.25. The van der Waals surface area contributed by atoms with Crippen LogP contribution in [0.25, 0.3) is 0 Å². The zero-order valence-corrected chi connectivity index (χ0v) is 14.3. The predicted molar refractivity (Wildman–Crippen MR) is 87.7 cm³/mol. The minimum Gasteiger partial charge on any atom is -0.314 e. The molecule has 1 heterocycles. The van der Waals surface area contributed by atoms with E-state index in [1.54, 1.807) is 0 Å². The van der Waals surface area contributed by atoms with Crippen molar-refractivity contribution in [1.82, 2.24) is 15.1 Å². The maximum Gasteiger partial charge on any atom is 0.0850 e. The molecule has 2 aliphatic carbocycles. The molecule has 2 saturated carbocycles. The molecule has 2 bridgehead atoms. The Kier molecular flexibility index (Phi) is 4.60. The van der Waals surface area contributed by atoms with E-state index in [4.69, 9.17) is 11.6 Å². The van der Waals surface area contributed by atoms with Crippen molar-refractivity contribution in [1.29, 1.82) is 0 Å². The summed E-state index contributed by atoms with van der Waals surface area (Å²) < 4.78 is 2.00. The van der Waals surface area contributed by atoms with Gasteiger partial charge in [-0.15, -0.1) is 0 Å². The van der Waals surface area contributed by atoms with Crippen LogP contribution < -0.4 is 5.32 Å².